The van der Waals surface area contributed by atoms with E-state index in [2.05, 4.69) is 11.8 Å². The number of amides is 1. The van der Waals surface area contributed by atoms with Crippen LogP contribution in [0.2, 0.25) is 0 Å². The van der Waals surface area contributed by atoms with Crippen LogP contribution >= 0.6 is 0 Å². The molecule has 16 heavy (non-hydrogen) atoms. The molecular formula is C12H25N3O. The Morgan fingerprint density at radius 2 is 2.19 bits per heavy atom. The Morgan fingerprint density at radius 1 is 1.50 bits per heavy atom. The van der Waals surface area contributed by atoms with Crippen molar-refractivity contribution < 1.29 is 4.79 Å². The lowest BCUT2D eigenvalue weighted by atomic mass is 9.96. The van der Waals surface area contributed by atoms with E-state index in [1.165, 1.54) is 12.8 Å². The maximum absolute atomic E-state index is 11.9. The Morgan fingerprint density at radius 3 is 2.75 bits per heavy atom. The van der Waals surface area contributed by atoms with Gasteiger partial charge in [-0.25, -0.2) is 0 Å². The summed E-state index contributed by atoms with van der Waals surface area (Å²) in [5, 5.41) is 0. The van der Waals surface area contributed by atoms with Gasteiger partial charge in [0, 0.05) is 32.2 Å². The van der Waals surface area contributed by atoms with Crippen molar-refractivity contribution in [2.24, 2.45) is 5.73 Å². The first-order chi connectivity index (χ1) is 7.60. The van der Waals surface area contributed by atoms with E-state index in [-0.39, 0.29) is 5.91 Å². The van der Waals surface area contributed by atoms with E-state index in [9.17, 15) is 4.79 Å². The zero-order valence-electron chi connectivity index (χ0n) is 10.8. The molecular weight excluding hydrogens is 202 g/mol. The van der Waals surface area contributed by atoms with Crippen LogP contribution < -0.4 is 5.73 Å². The van der Waals surface area contributed by atoms with Crippen LogP contribution in [-0.4, -0.2) is 54.5 Å². The molecule has 1 rings (SSSR count). The summed E-state index contributed by atoms with van der Waals surface area (Å²) in [6.45, 7) is 6.15. The lowest BCUT2D eigenvalue weighted by Crippen LogP contribution is -2.52. The molecule has 0 aromatic heterocycles. The zero-order chi connectivity index (χ0) is 12.1. The second-order valence-corrected chi connectivity index (χ2v) is 4.75. The number of nitrogens with zero attached hydrogens (tertiary/aromatic N) is 2. The van der Waals surface area contributed by atoms with Gasteiger partial charge in [-0.05, 0) is 26.7 Å². The van der Waals surface area contributed by atoms with E-state index in [4.69, 9.17) is 5.73 Å². The lowest BCUT2D eigenvalue weighted by Gasteiger charge is -2.40. The van der Waals surface area contributed by atoms with Gasteiger partial charge in [-0.3, -0.25) is 9.69 Å². The van der Waals surface area contributed by atoms with E-state index in [0.29, 0.717) is 25.2 Å². The fraction of sp³-hybridized carbons (Fsp3) is 0.917. The van der Waals surface area contributed by atoms with Crippen molar-refractivity contribution in [2.45, 2.75) is 45.2 Å². The van der Waals surface area contributed by atoms with Crippen molar-refractivity contribution in [1.29, 1.82) is 0 Å². The quantitative estimate of drug-likeness (QED) is 0.768. The number of likely N-dealkylation sites (N-methyl/N-ethyl adjacent to an activating group) is 1. The standard InChI is InChI=1S/C12H25N3O/c1-4-14(3)12(16)9-15-10(2)6-5-7-11(15)8-13/h10-11H,4-9,13H2,1-3H3. The molecule has 1 amide bonds. The van der Waals surface area contributed by atoms with Crippen LogP contribution in [0.25, 0.3) is 0 Å². The highest BCUT2D eigenvalue weighted by Crippen LogP contribution is 2.21. The highest BCUT2D eigenvalue weighted by Gasteiger charge is 2.28. The molecule has 1 aliphatic rings. The van der Waals surface area contributed by atoms with Crippen LogP contribution in [0.15, 0.2) is 0 Å². The molecule has 4 heteroatoms. The number of likely N-dealkylation sites (tertiary alicyclic amines) is 1. The van der Waals surface area contributed by atoms with E-state index >= 15 is 0 Å². The predicted molar refractivity (Wildman–Crippen MR) is 66.2 cm³/mol. The second-order valence-electron chi connectivity index (χ2n) is 4.75. The summed E-state index contributed by atoms with van der Waals surface area (Å²) in [6.07, 6.45) is 3.54. The first kappa shape index (κ1) is 13.5. The first-order valence-corrected chi connectivity index (χ1v) is 6.29. The van der Waals surface area contributed by atoms with E-state index in [1.54, 1.807) is 4.90 Å². The molecule has 94 valence electrons. The Bertz CT molecular complexity index is 232. The summed E-state index contributed by atoms with van der Waals surface area (Å²) in [4.78, 5) is 15.9. The maximum Gasteiger partial charge on any atom is 0.236 e. The summed E-state index contributed by atoms with van der Waals surface area (Å²) in [5.74, 6) is 0.203. The van der Waals surface area contributed by atoms with Crippen LogP contribution in [-0.2, 0) is 4.79 Å². The van der Waals surface area contributed by atoms with Gasteiger partial charge < -0.3 is 10.6 Å². The third kappa shape index (κ3) is 3.19. The number of piperidine rings is 1. The van der Waals surface area contributed by atoms with Crippen molar-refractivity contribution in [2.75, 3.05) is 26.7 Å². The second kappa shape index (κ2) is 6.21. The number of carbonyl (C=O) groups is 1. The minimum Gasteiger partial charge on any atom is -0.345 e. The zero-order valence-corrected chi connectivity index (χ0v) is 10.8. The predicted octanol–water partition coefficient (Wildman–Crippen LogP) is 0.666. The fourth-order valence-electron chi connectivity index (χ4n) is 2.33. The monoisotopic (exact) mass is 227 g/mol. The molecule has 0 aromatic rings. The van der Waals surface area contributed by atoms with Gasteiger partial charge in [-0.2, -0.15) is 0 Å². The normalized spacial score (nSPS) is 26.8. The summed E-state index contributed by atoms with van der Waals surface area (Å²) < 4.78 is 0. The number of nitrogens with two attached hydrogens (primary N) is 1. The van der Waals surface area contributed by atoms with Crippen molar-refractivity contribution >= 4 is 5.91 Å². The molecule has 1 heterocycles. The molecule has 0 aliphatic carbocycles. The molecule has 0 aromatic carbocycles. The average Bonchev–Trinajstić information content (AvgIpc) is 2.30. The van der Waals surface area contributed by atoms with Gasteiger partial charge in [-0.1, -0.05) is 6.42 Å². The number of hydrogen-bond acceptors (Lipinski definition) is 3. The van der Waals surface area contributed by atoms with E-state index in [1.807, 2.05) is 14.0 Å². The third-order valence-electron chi connectivity index (χ3n) is 3.68. The summed E-state index contributed by atoms with van der Waals surface area (Å²) >= 11 is 0. The van der Waals surface area contributed by atoms with Crippen molar-refractivity contribution in [3.05, 3.63) is 0 Å². The Labute approximate surface area is 98.8 Å². The van der Waals surface area contributed by atoms with Gasteiger partial charge in [0.25, 0.3) is 0 Å². The minimum atomic E-state index is 0.203. The molecule has 2 unspecified atom stereocenters. The third-order valence-corrected chi connectivity index (χ3v) is 3.68. The molecule has 1 saturated heterocycles. The van der Waals surface area contributed by atoms with Gasteiger partial charge in [0.1, 0.15) is 0 Å². The molecule has 0 spiro atoms. The molecule has 1 aliphatic heterocycles. The molecule has 0 bridgehead atoms. The first-order valence-electron chi connectivity index (χ1n) is 6.29. The molecule has 2 atom stereocenters. The van der Waals surface area contributed by atoms with Crippen LogP contribution in [0.3, 0.4) is 0 Å². The van der Waals surface area contributed by atoms with Crippen molar-refractivity contribution in [3.63, 3.8) is 0 Å². The van der Waals surface area contributed by atoms with Gasteiger partial charge in [0.05, 0.1) is 6.54 Å². The highest BCUT2D eigenvalue weighted by molar-refractivity contribution is 5.78. The highest BCUT2D eigenvalue weighted by atomic mass is 16.2. The van der Waals surface area contributed by atoms with Crippen LogP contribution in [0, 0.1) is 0 Å². The Hall–Kier alpha value is -0.610. The summed E-state index contributed by atoms with van der Waals surface area (Å²) in [7, 11) is 1.86. The summed E-state index contributed by atoms with van der Waals surface area (Å²) in [6, 6.07) is 0.870. The smallest absolute Gasteiger partial charge is 0.236 e. The fourth-order valence-corrected chi connectivity index (χ4v) is 2.33. The number of hydrogen-bond donors (Lipinski definition) is 1. The van der Waals surface area contributed by atoms with Crippen molar-refractivity contribution in [3.8, 4) is 0 Å². The van der Waals surface area contributed by atoms with Gasteiger partial charge in [0.2, 0.25) is 5.91 Å². The molecule has 0 saturated carbocycles. The topological polar surface area (TPSA) is 49.6 Å². The van der Waals surface area contributed by atoms with Crippen LogP contribution in [0.1, 0.15) is 33.1 Å². The van der Waals surface area contributed by atoms with E-state index < -0.39 is 0 Å². The van der Waals surface area contributed by atoms with Gasteiger partial charge in [0.15, 0.2) is 0 Å². The number of carbonyl (C=O) groups excluding carboxylic acids is 1. The lowest BCUT2D eigenvalue weighted by molar-refractivity contribution is -0.132. The van der Waals surface area contributed by atoms with Gasteiger partial charge >= 0.3 is 0 Å². The Kier molecular flexibility index (Phi) is 5.22. The molecule has 0 radical (unpaired) electrons. The molecule has 1 fully saturated rings. The largest absolute Gasteiger partial charge is 0.345 e. The van der Waals surface area contributed by atoms with Crippen LogP contribution in [0.5, 0.6) is 0 Å². The van der Waals surface area contributed by atoms with Gasteiger partial charge in [-0.15, -0.1) is 0 Å². The van der Waals surface area contributed by atoms with E-state index in [0.717, 1.165) is 13.0 Å². The average molecular weight is 227 g/mol. The molecule has 4 nitrogen and oxygen atoms in total. The number of rotatable bonds is 4. The van der Waals surface area contributed by atoms with Crippen molar-refractivity contribution in [1.82, 2.24) is 9.80 Å². The van der Waals surface area contributed by atoms with Crippen LogP contribution in [0.4, 0.5) is 0 Å². The maximum atomic E-state index is 11.9. The molecule has 2 N–H and O–H groups in total. The minimum absolute atomic E-state index is 0.203. The SMILES string of the molecule is CCN(C)C(=O)CN1C(C)CCCC1CN. The summed E-state index contributed by atoms with van der Waals surface area (Å²) in [5.41, 5.74) is 5.77. The Balaban J connectivity index is 2.57.